The van der Waals surface area contributed by atoms with Crippen LogP contribution in [0.5, 0.6) is 5.75 Å². The first-order chi connectivity index (χ1) is 9.34. The van der Waals surface area contributed by atoms with E-state index in [-0.39, 0.29) is 18.3 Å². The molecule has 0 bridgehead atoms. The Morgan fingerprint density at radius 3 is 2.10 bits per heavy atom. The second-order valence-corrected chi connectivity index (χ2v) is 5.99. The van der Waals surface area contributed by atoms with Crippen molar-refractivity contribution in [3.05, 3.63) is 35.8 Å². The van der Waals surface area contributed by atoms with Crippen LogP contribution in [-0.2, 0) is 9.31 Å². The van der Waals surface area contributed by atoms with Gasteiger partial charge in [-0.15, -0.1) is 0 Å². The fourth-order valence-electron chi connectivity index (χ4n) is 2.00. The molecule has 0 radical (unpaired) electrons. The highest BCUT2D eigenvalue weighted by Gasteiger charge is 2.49. The Balaban J connectivity index is 2.00. The molecule has 1 aromatic carbocycles. The first kappa shape index (κ1) is 15.1. The lowest BCUT2D eigenvalue weighted by molar-refractivity contribution is 0.00578. The summed E-state index contributed by atoms with van der Waals surface area (Å²) < 4.78 is 17.2. The van der Waals surface area contributed by atoms with Crippen molar-refractivity contribution in [3.63, 3.8) is 0 Å². The summed E-state index contributed by atoms with van der Waals surface area (Å²) in [5.41, 5.74) is 0.518. The van der Waals surface area contributed by atoms with Crippen LogP contribution in [-0.4, -0.2) is 24.9 Å². The number of benzene rings is 1. The van der Waals surface area contributed by atoms with Crippen molar-refractivity contribution in [3.8, 4) is 5.75 Å². The summed E-state index contributed by atoms with van der Waals surface area (Å²) in [4.78, 5) is 0. The molecule has 0 saturated carbocycles. The fraction of sp³-hybridized carbons (Fsp3) is 0.500. The van der Waals surface area contributed by atoms with Crippen molar-refractivity contribution in [1.29, 1.82) is 0 Å². The van der Waals surface area contributed by atoms with Gasteiger partial charge in [-0.3, -0.25) is 0 Å². The van der Waals surface area contributed by atoms with E-state index in [1.54, 1.807) is 0 Å². The van der Waals surface area contributed by atoms with Crippen LogP contribution in [0.15, 0.2) is 30.2 Å². The second kappa shape index (κ2) is 5.62. The lowest BCUT2D eigenvalue weighted by Gasteiger charge is -2.32. The molecule has 2 rings (SSSR count). The molecule has 1 aliphatic heterocycles. The van der Waals surface area contributed by atoms with E-state index in [1.165, 1.54) is 0 Å². The molecular formula is C16H23BO3. The molecule has 1 aromatic rings. The fourth-order valence-corrected chi connectivity index (χ4v) is 2.00. The van der Waals surface area contributed by atoms with Gasteiger partial charge in [0.2, 0.25) is 0 Å². The number of rotatable bonds is 4. The van der Waals surface area contributed by atoms with Crippen LogP contribution in [0.2, 0.25) is 0 Å². The van der Waals surface area contributed by atoms with Crippen LogP contribution < -0.4 is 4.74 Å². The molecule has 1 saturated heterocycles. The van der Waals surface area contributed by atoms with Gasteiger partial charge in [0.05, 0.1) is 17.8 Å². The minimum absolute atomic E-state index is 0.291. The van der Waals surface area contributed by atoms with Gasteiger partial charge < -0.3 is 14.0 Å². The average molecular weight is 274 g/mol. The van der Waals surface area contributed by atoms with E-state index in [9.17, 15) is 0 Å². The molecule has 20 heavy (non-hydrogen) atoms. The third-order valence-corrected chi connectivity index (χ3v) is 3.91. The standard InChI is InChI=1S/C16H23BO3/c1-6-18-14-9-7-13(8-10-14)11-12-17-19-15(2,3)16(4,5)20-17/h7-12H,6H2,1-5H3/b12-11+. The zero-order valence-corrected chi connectivity index (χ0v) is 13.0. The Hall–Kier alpha value is -1.26. The van der Waals surface area contributed by atoms with Crippen molar-refractivity contribution in [2.75, 3.05) is 6.61 Å². The lowest BCUT2D eigenvalue weighted by Crippen LogP contribution is -2.41. The van der Waals surface area contributed by atoms with E-state index in [4.69, 9.17) is 14.0 Å². The first-order valence-corrected chi connectivity index (χ1v) is 7.11. The van der Waals surface area contributed by atoms with Gasteiger partial charge in [0.1, 0.15) is 5.75 Å². The van der Waals surface area contributed by atoms with E-state index in [2.05, 4.69) is 27.7 Å². The van der Waals surface area contributed by atoms with Crippen molar-refractivity contribution < 1.29 is 14.0 Å². The molecule has 0 aliphatic carbocycles. The smallest absolute Gasteiger partial charge is 0.487 e. The lowest BCUT2D eigenvalue weighted by atomic mass is 9.89. The van der Waals surface area contributed by atoms with Gasteiger partial charge in [0, 0.05) is 0 Å². The predicted octanol–water partition coefficient (Wildman–Crippen LogP) is 3.73. The molecular weight excluding hydrogens is 251 g/mol. The van der Waals surface area contributed by atoms with Crippen LogP contribution in [0, 0.1) is 0 Å². The third kappa shape index (κ3) is 3.25. The van der Waals surface area contributed by atoms with Crippen molar-refractivity contribution in [2.45, 2.75) is 45.8 Å². The number of hydrogen-bond acceptors (Lipinski definition) is 3. The summed E-state index contributed by atoms with van der Waals surface area (Å²) in [6, 6.07) is 7.97. The van der Waals surface area contributed by atoms with Gasteiger partial charge in [-0.1, -0.05) is 24.2 Å². The van der Waals surface area contributed by atoms with Crippen LogP contribution in [0.4, 0.5) is 0 Å². The first-order valence-electron chi connectivity index (χ1n) is 7.11. The molecule has 1 heterocycles. The Kier molecular flexibility index (Phi) is 4.26. The highest BCUT2D eigenvalue weighted by Crippen LogP contribution is 2.37. The van der Waals surface area contributed by atoms with Crippen molar-refractivity contribution in [1.82, 2.24) is 0 Å². The summed E-state index contributed by atoms with van der Waals surface area (Å²) in [7, 11) is -0.299. The summed E-state index contributed by atoms with van der Waals surface area (Å²) in [5, 5.41) is 0. The molecule has 0 amide bonds. The molecule has 1 fully saturated rings. The van der Waals surface area contributed by atoms with Gasteiger partial charge in [-0.2, -0.15) is 0 Å². The summed E-state index contributed by atoms with van der Waals surface area (Å²) in [5.74, 6) is 2.84. The Morgan fingerprint density at radius 2 is 1.60 bits per heavy atom. The third-order valence-electron chi connectivity index (χ3n) is 3.91. The molecule has 1 aliphatic rings. The molecule has 3 nitrogen and oxygen atoms in total. The topological polar surface area (TPSA) is 27.7 Å². The van der Waals surface area contributed by atoms with Crippen LogP contribution in [0.3, 0.4) is 0 Å². The zero-order chi connectivity index (χ0) is 14.8. The Labute approximate surface area is 122 Å². The van der Waals surface area contributed by atoms with Gasteiger partial charge >= 0.3 is 7.12 Å². The maximum atomic E-state index is 5.91. The average Bonchev–Trinajstić information content (AvgIpc) is 2.57. The zero-order valence-electron chi connectivity index (χ0n) is 13.0. The number of ether oxygens (including phenoxy) is 1. The predicted molar refractivity (Wildman–Crippen MR) is 82.7 cm³/mol. The minimum atomic E-state index is -0.299. The quantitative estimate of drug-likeness (QED) is 0.783. The molecule has 0 unspecified atom stereocenters. The maximum absolute atomic E-state index is 5.91. The Morgan fingerprint density at radius 1 is 1.05 bits per heavy atom. The van der Waals surface area contributed by atoms with Gasteiger partial charge in [0.25, 0.3) is 0 Å². The highest BCUT2D eigenvalue weighted by molar-refractivity contribution is 6.52. The van der Waals surface area contributed by atoms with Crippen LogP contribution in [0.25, 0.3) is 6.08 Å². The summed E-state index contributed by atoms with van der Waals surface area (Å²) >= 11 is 0. The summed E-state index contributed by atoms with van der Waals surface area (Å²) in [6.07, 6.45) is 2.01. The van der Waals surface area contributed by atoms with Gasteiger partial charge in [-0.05, 0) is 52.3 Å². The summed E-state index contributed by atoms with van der Waals surface area (Å²) in [6.45, 7) is 10.9. The van der Waals surface area contributed by atoms with E-state index >= 15 is 0 Å². The molecule has 0 N–H and O–H groups in total. The largest absolute Gasteiger partial charge is 0.494 e. The molecule has 0 spiro atoms. The number of hydrogen-bond donors (Lipinski definition) is 0. The molecule has 0 aromatic heterocycles. The van der Waals surface area contributed by atoms with Crippen molar-refractivity contribution in [2.24, 2.45) is 0 Å². The molecule has 0 atom stereocenters. The normalized spacial score (nSPS) is 20.6. The minimum Gasteiger partial charge on any atom is -0.494 e. The maximum Gasteiger partial charge on any atom is 0.487 e. The molecule has 4 heteroatoms. The second-order valence-electron chi connectivity index (χ2n) is 5.99. The Bertz CT molecular complexity index is 461. The van der Waals surface area contributed by atoms with E-state index in [1.807, 2.05) is 43.2 Å². The van der Waals surface area contributed by atoms with Crippen LogP contribution >= 0.6 is 0 Å². The van der Waals surface area contributed by atoms with Gasteiger partial charge in [0.15, 0.2) is 0 Å². The molecule has 108 valence electrons. The van der Waals surface area contributed by atoms with E-state index in [0.29, 0.717) is 6.61 Å². The van der Waals surface area contributed by atoms with Crippen LogP contribution in [0.1, 0.15) is 40.2 Å². The van der Waals surface area contributed by atoms with E-state index in [0.717, 1.165) is 11.3 Å². The monoisotopic (exact) mass is 274 g/mol. The SMILES string of the molecule is CCOc1ccc(/C=C/B2OC(C)(C)C(C)(C)O2)cc1. The van der Waals surface area contributed by atoms with Gasteiger partial charge in [-0.25, -0.2) is 0 Å². The van der Waals surface area contributed by atoms with Crippen molar-refractivity contribution >= 4 is 13.2 Å². The highest BCUT2D eigenvalue weighted by atomic mass is 16.7. The van der Waals surface area contributed by atoms with E-state index < -0.39 is 0 Å².